The summed E-state index contributed by atoms with van der Waals surface area (Å²) in [5.41, 5.74) is 0.906. The number of rotatable bonds is 5. The Bertz CT molecular complexity index is 458. The number of anilines is 1. The summed E-state index contributed by atoms with van der Waals surface area (Å²) in [6.45, 7) is 2.63. The van der Waals surface area contributed by atoms with E-state index in [1.165, 1.54) is 0 Å². The van der Waals surface area contributed by atoms with Crippen LogP contribution in [0.2, 0.25) is 0 Å². The molecule has 2 rings (SSSR count). The van der Waals surface area contributed by atoms with Gasteiger partial charge in [0.25, 0.3) is 0 Å². The van der Waals surface area contributed by atoms with E-state index in [2.05, 4.69) is 37.9 Å². The van der Waals surface area contributed by atoms with Gasteiger partial charge in [0.1, 0.15) is 11.6 Å². The van der Waals surface area contributed by atoms with E-state index in [0.29, 0.717) is 18.3 Å². The molecule has 1 aromatic rings. The Kier molecular flexibility index (Phi) is 4.52. The second-order valence-electron chi connectivity index (χ2n) is 4.61. The average Bonchev–Trinajstić information content (AvgIpc) is 3.13. The fourth-order valence-corrected chi connectivity index (χ4v) is 2.66. The molecule has 3 nitrogen and oxygen atoms in total. The first-order valence-electron chi connectivity index (χ1n) is 6.27. The largest absolute Gasteiger partial charge is 0.389 e. The zero-order valence-electron chi connectivity index (χ0n) is 10.5. The third-order valence-electron chi connectivity index (χ3n) is 2.86. The van der Waals surface area contributed by atoms with Gasteiger partial charge in [-0.05, 0) is 42.4 Å². The average molecular weight is 385 g/mol. The molecule has 0 saturated heterocycles. The quantitative estimate of drug-likeness (QED) is 0.782. The fraction of sp³-hybridized carbons (Fsp3) is 0.667. The van der Waals surface area contributed by atoms with Gasteiger partial charge in [-0.3, -0.25) is 0 Å². The molecule has 0 amide bonds. The highest BCUT2D eigenvalue weighted by atomic mass is 127. The molecule has 0 atom stereocenters. The molecule has 1 heterocycles. The lowest BCUT2D eigenvalue weighted by molar-refractivity contribution is -0.134. The Balaban J connectivity index is 2.22. The Morgan fingerprint density at radius 2 is 2.00 bits per heavy atom. The summed E-state index contributed by atoms with van der Waals surface area (Å²) < 4.78 is 37.7. The van der Waals surface area contributed by atoms with E-state index < -0.39 is 12.6 Å². The van der Waals surface area contributed by atoms with E-state index in [0.717, 1.165) is 22.1 Å². The zero-order chi connectivity index (χ0) is 14.0. The normalized spacial score (nSPS) is 15.6. The molecular weight excluding hydrogens is 370 g/mol. The van der Waals surface area contributed by atoms with Crippen LogP contribution >= 0.6 is 22.6 Å². The molecule has 0 aromatic carbocycles. The van der Waals surface area contributed by atoms with Crippen molar-refractivity contribution in [2.45, 2.75) is 44.7 Å². The zero-order valence-corrected chi connectivity index (χ0v) is 12.7. The van der Waals surface area contributed by atoms with Gasteiger partial charge in [-0.25, -0.2) is 9.97 Å². The summed E-state index contributed by atoms with van der Waals surface area (Å²) in [5, 5.41) is 3.10. The van der Waals surface area contributed by atoms with Crippen LogP contribution in [0.4, 0.5) is 19.0 Å². The summed E-state index contributed by atoms with van der Waals surface area (Å²) in [6.07, 6.45) is -3.05. The third kappa shape index (κ3) is 4.19. The minimum absolute atomic E-state index is 0.154. The molecule has 0 radical (unpaired) electrons. The van der Waals surface area contributed by atoms with Crippen LogP contribution in [0.5, 0.6) is 0 Å². The Labute approximate surface area is 123 Å². The second kappa shape index (κ2) is 5.80. The van der Waals surface area contributed by atoms with Crippen molar-refractivity contribution in [3.05, 3.63) is 15.1 Å². The Morgan fingerprint density at radius 3 is 2.53 bits per heavy atom. The van der Waals surface area contributed by atoms with Crippen LogP contribution in [-0.2, 0) is 6.42 Å². The maximum Gasteiger partial charge on any atom is 0.389 e. The lowest BCUT2D eigenvalue weighted by Crippen LogP contribution is -2.13. The maximum absolute atomic E-state index is 12.3. The monoisotopic (exact) mass is 385 g/mol. The molecule has 7 heteroatoms. The number of nitrogens with zero attached hydrogens (tertiary/aromatic N) is 2. The molecular formula is C12H15F3IN3. The Morgan fingerprint density at radius 1 is 1.32 bits per heavy atom. The van der Waals surface area contributed by atoms with Crippen molar-refractivity contribution in [2.75, 3.05) is 11.9 Å². The van der Waals surface area contributed by atoms with Gasteiger partial charge >= 0.3 is 6.18 Å². The van der Waals surface area contributed by atoms with E-state index in [1.807, 2.05) is 6.92 Å². The molecule has 1 aliphatic rings. The lowest BCUT2D eigenvalue weighted by atomic mass is 10.2. The van der Waals surface area contributed by atoms with Gasteiger partial charge in [-0.2, -0.15) is 13.2 Å². The van der Waals surface area contributed by atoms with Crippen LogP contribution in [0.1, 0.15) is 43.6 Å². The van der Waals surface area contributed by atoms with Crippen molar-refractivity contribution in [1.82, 2.24) is 9.97 Å². The van der Waals surface area contributed by atoms with Crippen molar-refractivity contribution in [2.24, 2.45) is 0 Å². The molecule has 0 unspecified atom stereocenters. The van der Waals surface area contributed by atoms with Gasteiger partial charge in [-0.1, -0.05) is 0 Å². The minimum Gasteiger partial charge on any atom is -0.369 e. The number of nitrogens with one attached hydrogen (secondary N) is 1. The summed E-state index contributed by atoms with van der Waals surface area (Å²) in [7, 11) is 0. The fourth-order valence-electron chi connectivity index (χ4n) is 1.79. The van der Waals surface area contributed by atoms with Crippen molar-refractivity contribution < 1.29 is 13.2 Å². The van der Waals surface area contributed by atoms with Crippen molar-refractivity contribution in [3.8, 4) is 0 Å². The highest BCUT2D eigenvalue weighted by Crippen LogP contribution is 2.42. The van der Waals surface area contributed by atoms with Gasteiger partial charge in [0, 0.05) is 18.9 Å². The highest BCUT2D eigenvalue weighted by Gasteiger charge is 2.31. The summed E-state index contributed by atoms with van der Waals surface area (Å²) in [6, 6.07) is 0. The van der Waals surface area contributed by atoms with Crippen molar-refractivity contribution in [3.63, 3.8) is 0 Å². The number of alkyl halides is 3. The molecule has 0 spiro atoms. The highest BCUT2D eigenvalue weighted by molar-refractivity contribution is 14.1. The van der Waals surface area contributed by atoms with Crippen molar-refractivity contribution in [1.29, 1.82) is 0 Å². The first-order valence-corrected chi connectivity index (χ1v) is 7.35. The van der Waals surface area contributed by atoms with Gasteiger partial charge in [0.2, 0.25) is 0 Å². The molecule has 1 saturated carbocycles. The minimum atomic E-state index is -4.16. The number of hydrogen-bond donors (Lipinski definition) is 1. The smallest absolute Gasteiger partial charge is 0.369 e. The third-order valence-corrected chi connectivity index (χ3v) is 3.93. The molecule has 1 aromatic heterocycles. The summed E-state index contributed by atoms with van der Waals surface area (Å²) in [5.74, 6) is 1.35. The van der Waals surface area contributed by atoms with Crippen LogP contribution in [0, 0.1) is 3.57 Å². The molecule has 1 fully saturated rings. The topological polar surface area (TPSA) is 37.8 Å². The second-order valence-corrected chi connectivity index (χ2v) is 5.69. The molecule has 19 heavy (non-hydrogen) atoms. The van der Waals surface area contributed by atoms with Crippen LogP contribution in [0.3, 0.4) is 0 Å². The van der Waals surface area contributed by atoms with E-state index in [1.54, 1.807) is 0 Å². The van der Waals surface area contributed by atoms with Crippen LogP contribution in [0.15, 0.2) is 0 Å². The number of aromatic nitrogens is 2. The standard InChI is InChI=1S/C12H15F3IN3/c1-2-17-11-9(16)10(7-3-4-7)18-8(19-11)5-6-12(13,14)15/h7H,2-6H2,1H3,(H,17,18,19). The molecule has 0 bridgehead atoms. The summed E-state index contributed by atoms with van der Waals surface area (Å²) in [4.78, 5) is 8.53. The van der Waals surface area contributed by atoms with Gasteiger partial charge in [0.05, 0.1) is 15.7 Å². The molecule has 1 N–H and O–H groups in total. The van der Waals surface area contributed by atoms with E-state index >= 15 is 0 Å². The van der Waals surface area contributed by atoms with Gasteiger partial charge in [-0.15, -0.1) is 0 Å². The van der Waals surface area contributed by atoms with Crippen LogP contribution < -0.4 is 5.32 Å². The van der Waals surface area contributed by atoms with Crippen LogP contribution in [0.25, 0.3) is 0 Å². The summed E-state index contributed by atoms with van der Waals surface area (Å²) >= 11 is 2.17. The molecule has 106 valence electrons. The maximum atomic E-state index is 12.3. The predicted molar refractivity (Wildman–Crippen MR) is 75.3 cm³/mol. The number of halogens is 4. The predicted octanol–water partition coefficient (Wildman–Crippen LogP) is 3.89. The SMILES string of the molecule is CCNc1nc(CCC(F)(F)F)nc(C2CC2)c1I. The van der Waals surface area contributed by atoms with Gasteiger partial charge < -0.3 is 5.32 Å². The first kappa shape index (κ1) is 14.8. The molecule has 0 aliphatic heterocycles. The Hall–Kier alpha value is -0.600. The number of hydrogen-bond acceptors (Lipinski definition) is 3. The number of aryl methyl sites for hydroxylation is 1. The van der Waals surface area contributed by atoms with Crippen LogP contribution in [-0.4, -0.2) is 22.7 Å². The van der Waals surface area contributed by atoms with E-state index in [4.69, 9.17) is 0 Å². The molecule has 1 aliphatic carbocycles. The van der Waals surface area contributed by atoms with E-state index in [9.17, 15) is 13.2 Å². The van der Waals surface area contributed by atoms with Gasteiger partial charge in [0.15, 0.2) is 0 Å². The van der Waals surface area contributed by atoms with Crippen molar-refractivity contribution >= 4 is 28.4 Å². The van der Waals surface area contributed by atoms with E-state index in [-0.39, 0.29) is 12.2 Å². The lowest BCUT2D eigenvalue weighted by Gasteiger charge is -2.12. The first-order chi connectivity index (χ1) is 8.90.